The molecule has 0 heterocycles. The van der Waals surface area contributed by atoms with Gasteiger partial charge in [0.25, 0.3) is 0 Å². The Bertz CT molecular complexity index is 604. The van der Waals surface area contributed by atoms with Crippen molar-refractivity contribution < 1.29 is 9.47 Å². The van der Waals surface area contributed by atoms with E-state index >= 15 is 0 Å². The summed E-state index contributed by atoms with van der Waals surface area (Å²) < 4.78 is 13.4. The number of rotatable bonds is 6. The van der Waals surface area contributed by atoms with Crippen molar-refractivity contribution in [1.29, 1.82) is 0 Å². The molecule has 0 aromatic heterocycles. The lowest BCUT2D eigenvalue weighted by Crippen LogP contribution is -2.55. The molecule has 2 nitrogen and oxygen atoms in total. The molecule has 4 aliphatic rings. The minimum Gasteiger partial charge on any atom is -0.464 e. The average molecular weight is 371 g/mol. The maximum absolute atomic E-state index is 6.90. The van der Waals surface area contributed by atoms with Crippen LogP contribution in [0.25, 0.3) is 0 Å². The molecule has 0 spiro atoms. The fourth-order valence-corrected chi connectivity index (χ4v) is 6.01. The lowest BCUT2D eigenvalue weighted by atomic mass is 9.54. The quantitative estimate of drug-likeness (QED) is 0.505. The maximum Gasteiger partial charge on any atom is 0.205 e. The van der Waals surface area contributed by atoms with Crippen LogP contribution in [0.1, 0.15) is 91.0 Å². The first kappa shape index (κ1) is 19.3. The molecule has 4 aliphatic carbocycles. The summed E-state index contributed by atoms with van der Waals surface area (Å²) in [6, 6.07) is 8.69. The van der Waals surface area contributed by atoms with E-state index in [0.29, 0.717) is 5.92 Å². The van der Waals surface area contributed by atoms with Crippen molar-refractivity contribution in [1.82, 2.24) is 0 Å². The van der Waals surface area contributed by atoms with Crippen LogP contribution in [0.15, 0.2) is 24.3 Å². The fourth-order valence-electron chi connectivity index (χ4n) is 6.01. The Hall–Kier alpha value is -1.02. The van der Waals surface area contributed by atoms with Crippen LogP contribution in [0.2, 0.25) is 0 Å². The summed E-state index contributed by atoms with van der Waals surface area (Å²) in [5.41, 5.74) is 1.42. The smallest absolute Gasteiger partial charge is 0.205 e. The van der Waals surface area contributed by atoms with Crippen molar-refractivity contribution in [3.63, 3.8) is 0 Å². The van der Waals surface area contributed by atoms with Gasteiger partial charge in [0.05, 0.1) is 5.60 Å². The zero-order chi connectivity index (χ0) is 19.2. The van der Waals surface area contributed by atoms with E-state index in [4.69, 9.17) is 9.47 Å². The Morgan fingerprint density at radius 1 is 0.963 bits per heavy atom. The van der Waals surface area contributed by atoms with E-state index < -0.39 is 0 Å². The van der Waals surface area contributed by atoms with Gasteiger partial charge in [-0.2, -0.15) is 0 Å². The molecular formula is C25H38O2. The number of hydrogen-bond donors (Lipinski definition) is 0. The van der Waals surface area contributed by atoms with Gasteiger partial charge in [-0.1, -0.05) is 46.8 Å². The van der Waals surface area contributed by atoms with Crippen LogP contribution in [-0.4, -0.2) is 11.9 Å². The van der Waals surface area contributed by atoms with E-state index in [2.05, 4.69) is 58.9 Å². The van der Waals surface area contributed by atoms with Crippen LogP contribution in [0.5, 0.6) is 5.75 Å². The van der Waals surface area contributed by atoms with Crippen molar-refractivity contribution in [3.05, 3.63) is 29.8 Å². The molecular weight excluding hydrogens is 332 g/mol. The van der Waals surface area contributed by atoms with Crippen LogP contribution in [0, 0.1) is 23.2 Å². The van der Waals surface area contributed by atoms with Gasteiger partial charge in [-0.3, -0.25) is 0 Å². The summed E-state index contributed by atoms with van der Waals surface area (Å²) >= 11 is 0. The molecule has 150 valence electrons. The second-order valence-corrected chi connectivity index (χ2v) is 10.9. The summed E-state index contributed by atoms with van der Waals surface area (Å²) in [6.07, 6.45) is 9.07. The third-order valence-electron chi connectivity index (χ3n) is 7.35. The standard InChI is InChI=1S/C25H38O2/c1-6-17(2)21-7-9-22(10-8-21)26-23(24(3,4)5)27-25-14-18-11-19(15-25)13-20(12-18)16-25/h7-10,17-20,23H,6,11-16H2,1-5H3. The van der Waals surface area contributed by atoms with Crippen LogP contribution in [-0.2, 0) is 4.74 Å². The summed E-state index contributed by atoms with van der Waals surface area (Å²) in [6.45, 7) is 11.2. The zero-order valence-electron chi connectivity index (χ0n) is 18.0. The molecule has 27 heavy (non-hydrogen) atoms. The van der Waals surface area contributed by atoms with Gasteiger partial charge in [0.15, 0.2) is 0 Å². The Labute approximate surface area is 166 Å². The SMILES string of the molecule is CCC(C)c1ccc(OC(OC23CC4CC(CC(C4)C2)C3)C(C)(C)C)cc1. The highest BCUT2D eigenvalue weighted by molar-refractivity contribution is 5.29. The number of ether oxygens (including phenoxy) is 2. The van der Waals surface area contributed by atoms with Crippen LogP contribution in [0.4, 0.5) is 0 Å². The molecule has 0 radical (unpaired) electrons. The van der Waals surface area contributed by atoms with Gasteiger partial charge in [-0.05, 0) is 86.3 Å². The lowest BCUT2D eigenvalue weighted by molar-refractivity contribution is -0.258. The lowest BCUT2D eigenvalue weighted by Gasteiger charge is -2.57. The molecule has 1 aromatic carbocycles. The van der Waals surface area contributed by atoms with Gasteiger partial charge in [-0.15, -0.1) is 0 Å². The van der Waals surface area contributed by atoms with E-state index in [1.807, 2.05) is 0 Å². The number of benzene rings is 1. The molecule has 1 aromatic rings. The molecule has 0 aliphatic heterocycles. The van der Waals surface area contributed by atoms with Gasteiger partial charge in [0.2, 0.25) is 6.29 Å². The van der Waals surface area contributed by atoms with Crippen molar-refractivity contribution in [2.75, 3.05) is 0 Å². The van der Waals surface area contributed by atoms with Crippen LogP contribution in [0.3, 0.4) is 0 Å². The predicted octanol–water partition coefficient (Wildman–Crippen LogP) is 6.94. The third kappa shape index (κ3) is 4.06. The highest BCUT2D eigenvalue weighted by atomic mass is 16.7. The van der Waals surface area contributed by atoms with Crippen molar-refractivity contribution in [2.45, 2.75) is 97.4 Å². The number of hydrogen-bond acceptors (Lipinski definition) is 2. The molecule has 2 unspecified atom stereocenters. The maximum atomic E-state index is 6.90. The topological polar surface area (TPSA) is 18.5 Å². The van der Waals surface area contributed by atoms with E-state index in [0.717, 1.165) is 23.5 Å². The third-order valence-corrected chi connectivity index (χ3v) is 7.35. The average Bonchev–Trinajstić information content (AvgIpc) is 2.59. The Kier molecular flexibility index (Phi) is 5.08. The normalized spacial score (nSPS) is 34.5. The fraction of sp³-hybridized carbons (Fsp3) is 0.760. The minimum absolute atomic E-state index is 0.0429. The van der Waals surface area contributed by atoms with Crippen molar-refractivity contribution in [3.8, 4) is 5.75 Å². The molecule has 0 saturated heterocycles. The summed E-state index contributed by atoms with van der Waals surface area (Å²) in [5.74, 6) is 4.22. The first-order chi connectivity index (χ1) is 12.8. The molecule has 2 atom stereocenters. The molecule has 2 heteroatoms. The Balaban J connectivity index is 1.49. The highest BCUT2D eigenvalue weighted by Crippen LogP contribution is 2.57. The zero-order valence-corrected chi connectivity index (χ0v) is 18.0. The van der Waals surface area contributed by atoms with Gasteiger partial charge >= 0.3 is 0 Å². The minimum atomic E-state index is -0.191. The van der Waals surface area contributed by atoms with Gasteiger partial charge in [-0.25, -0.2) is 0 Å². The summed E-state index contributed by atoms with van der Waals surface area (Å²) in [7, 11) is 0. The molecule has 5 rings (SSSR count). The Morgan fingerprint density at radius 2 is 1.48 bits per heavy atom. The predicted molar refractivity (Wildman–Crippen MR) is 111 cm³/mol. The van der Waals surface area contributed by atoms with Crippen molar-refractivity contribution in [2.24, 2.45) is 23.2 Å². The largest absolute Gasteiger partial charge is 0.464 e. The molecule has 4 bridgehead atoms. The van der Waals surface area contributed by atoms with E-state index in [9.17, 15) is 0 Å². The van der Waals surface area contributed by atoms with Crippen molar-refractivity contribution >= 4 is 0 Å². The second-order valence-electron chi connectivity index (χ2n) is 10.9. The van der Waals surface area contributed by atoms with Gasteiger partial charge in [0.1, 0.15) is 5.75 Å². The summed E-state index contributed by atoms with van der Waals surface area (Å²) in [4.78, 5) is 0. The van der Waals surface area contributed by atoms with E-state index in [1.54, 1.807) is 0 Å². The van der Waals surface area contributed by atoms with E-state index in [-0.39, 0.29) is 17.3 Å². The second kappa shape index (κ2) is 7.10. The molecule has 4 saturated carbocycles. The highest BCUT2D eigenvalue weighted by Gasteiger charge is 2.53. The molecule has 0 amide bonds. The van der Waals surface area contributed by atoms with Crippen LogP contribution >= 0.6 is 0 Å². The monoisotopic (exact) mass is 370 g/mol. The Morgan fingerprint density at radius 3 is 1.93 bits per heavy atom. The van der Waals surface area contributed by atoms with E-state index in [1.165, 1.54) is 50.5 Å². The first-order valence-corrected chi connectivity index (χ1v) is 11.2. The van der Waals surface area contributed by atoms with Crippen LogP contribution < -0.4 is 4.74 Å². The van der Waals surface area contributed by atoms with Gasteiger partial charge < -0.3 is 9.47 Å². The molecule has 0 N–H and O–H groups in total. The van der Waals surface area contributed by atoms with Gasteiger partial charge in [0, 0.05) is 5.41 Å². The first-order valence-electron chi connectivity index (χ1n) is 11.2. The molecule has 4 fully saturated rings. The summed E-state index contributed by atoms with van der Waals surface area (Å²) in [5, 5.41) is 0.